The standard InChI is InChI=1S/CH6NO3P.Na.H/c2-1-6(3,4)5;;/h1-2H2,(H2,3,4,5);;/q;+1;-1. The van der Waals surface area contributed by atoms with Crippen molar-refractivity contribution in [2.75, 3.05) is 6.29 Å². The minimum Gasteiger partial charge on any atom is -1.00 e. The average Bonchev–Trinajstić information content (AvgIpc) is 1.35. The van der Waals surface area contributed by atoms with Crippen LogP contribution in [0.4, 0.5) is 0 Å². The fraction of sp³-hybridized carbons (Fsp3) is 1.00. The molecule has 0 aliphatic heterocycles. The van der Waals surface area contributed by atoms with Crippen molar-refractivity contribution in [2.45, 2.75) is 0 Å². The Morgan fingerprint density at radius 3 is 1.86 bits per heavy atom. The quantitative estimate of drug-likeness (QED) is 0.254. The maximum atomic E-state index is 9.57. The van der Waals surface area contributed by atoms with E-state index in [1.807, 2.05) is 0 Å². The molecule has 0 aliphatic carbocycles. The Hall–Kier alpha value is 1.11. The van der Waals surface area contributed by atoms with E-state index in [0.29, 0.717) is 0 Å². The molecule has 7 heavy (non-hydrogen) atoms. The molecule has 6 heteroatoms. The predicted octanol–water partition coefficient (Wildman–Crippen LogP) is -3.80. The molecule has 0 aromatic rings. The van der Waals surface area contributed by atoms with Gasteiger partial charge in [0, 0.05) is 0 Å². The van der Waals surface area contributed by atoms with Crippen molar-refractivity contribution in [1.29, 1.82) is 0 Å². The molecular weight excluding hydrogens is 128 g/mol. The van der Waals surface area contributed by atoms with Crippen molar-refractivity contribution in [3.05, 3.63) is 0 Å². The van der Waals surface area contributed by atoms with E-state index in [1.54, 1.807) is 0 Å². The fourth-order valence-corrected chi connectivity index (χ4v) is 0. The zero-order chi connectivity index (χ0) is 5.21. The molecular formula is CH7NNaO3P. The van der Waals surface area contributed by atoms with Crippen molar-refractivity contribution in [3.8, 4) is 0 Å². The van der Waals surface area contributed by atoms with Gasteiger partial charge in [-0.25, -0.2) is 0 Å². The van der Waals surface area contributed by atoms with Gasteiger partial charge in [-0.15, -0.1) is 0 Å². The van der Waals surface area contributed by atoms with Crippen LogP contribution in [0.3, 0.4) is 0 Å². The van der Waals surface area contributed by atoms with Gasteiger partial charge in [-0.05, 0) is 0 Å². The third kappa shape index (κ3) is 11.0. The van der Waals surface area contributed by atoms with Gasteiger partial charge in [0.15, 0.2) is 0 Å². The Balaban J connectivity index is -0.000000125. The van der Waals surface area contributed by atoms with Crippen molar-refractivity contribution in [2.24, 2.45) is 5.73 Å². The molecule has 4 nitrogen and oxygen atoms in total. The number of nitrogens with two attached hydrogens (primary N) is 1. The smallest absolute Gasteiger partial charge is 1.00 e. The molecule has 0 fully saturated rings. The van der Waals surface area contributed by atoms with Gasteiger partial charge < -0.3 is 16.9 Å². The largest absolute Gasteiger partial charge is 1.00 e. The summed E-state index contributed by atoms with van der Waals surface area (Å²) in [5.74, 6) is 0. The van der Waals surface area contributed by atoms with Gasteiger partial charge in [0.2, 0.25) is 0 Å². The molecule has 0 amide bonds. The number of hydrogen-bond acceptors (Lipinski definition) is 2. The van der Waals surface area contributed by atoms with E-state index >= 15 is 0 Å². The molecule has 0 unspecified atom stereocenters. The van der Waals surface area contributed by atoms with Crippen LogP contribution in [-0.4, -0.2) is 16.1 Å². The van der Waals surface area contributed by atoms with Crippen molar-refractivity contribution in [3.63, 3.8) is 0 Å². The van der Waals surface area contributed by atoms with E-state index in [2.05, 4.69) is 5.73 Å². The predicted molar refractivity (Wildman–Crippen MR) is 22.2 cm³/mol. The van der Waals surface area contributed by atoms with Gasteiger partial charge in [0.1, 0.15) is 0 Å². The van der Waals surface area contributed by atoms with E-state index in [4.69, 9.17) is 9.79 Å². The van der Waals surface area contributed by atoms with Crippen LogP contribution < -0.4 is 35.3 Å². The van der Waals surface area contributed by atoms with Crippen molar-refractivity contribution < 1.29 is 45.3 Å². The summed E-state index contributed by atoms with van der Waals surface area (Å²) < 4.78 is 9.57. The molecule has 0 saturated carbocycles. The Morgan fingerprint density at radius 1 is 1.71 bits per heavy atom. The van der Waals surface area contributed by atoms with Crippen LogP contribution >= 0.6 is 7.60 Å². The topological polar surface area (TPSA) is 83.6 Å². The molecule has 0 spiro atoms. The van der Waals surface area contributed by atoms with Crippen molar-refractivity contribution >= 4 is 7.60 Å². The molecule has 0 radical (unpaired) electrons. The van der Waals surface area contributed by atoms with Crippen LogP contribution in [0.1, 0.15) is 1.43 Å². The summed E-state index contributed by atoms with van der Waals surface area (Å²) >= 11 is 0. The maximum absolute atomic E-state index is 9.57. The first-order valence-corrected chi connectivity index (χ1v) is 3.10. The first kappa shape index (κ1) is 11.0. The maximum Gasteiger partial charge on any atom is 1.00 e. The van der Waals surface area contributed by atoms with Crippen LogP contribution in [0.25, 0.3) is 0 Å². The van der Waals surface area contributed by atoms with Gasteiger partial charge in [-0.3, -0.25) is 4.57 Å². The zero-order valence-corrected chi connectivity index (χ0v) is 6.93. The monoisotopic (exact) mass is 135 g/mol. The van der Waals surface area contributed by atoms with Gasteiger partial charge in [-0.2, -0.15) is 0 Å². The second-order valence-electron chi connectivity index (χ2n) is 0.847. The Bertz CT molecular complexity index is 83.4. The molecule has 0 aromatic heterocycles. The van der Waals surface area contributed by atoms with E-state index in [0.717, 1.165) is 0 Å². The fourth-order valence-electron chi connectivity index (χ4n) is 0. The van der Waals surface area contributed by atoms with Crippen LogP contribution in [0.2, 0.25) is 0 Å². The molecule has 0 rings (SSSR count). The van der Waals surface area contributed by atoms with Crippen molar-refractivity contribution in [1.82, 2.24) is 0 Å². The van der Waals surface area contributed by atoms with Gasteiger partial charge in [0.05, 0.1) is 6.29 Å². The Morgan fingerprint density at radius 2 is 1.86 bits per heavy atom. The summed E-state index contributed by atoms with van der Waals surface area (Å²) in [6, 6.07) is 0. The minimum atomic E-state index is -3.87. The van der Waals surface area contributed by atoms with Gasteiger partial charge >= 0.3 is 37.2 Å². The van der Waals surface area contributed by atoms with E-state index in [9.17, 15) is 4.57 Å². The molecule has 0 aliphatic rings. The molecule has 0 aromatic carbocycles. The van der Waals surface area contributed by atoms with Gasteiger partial charge in [-0.1, -0.05) is 0 Å². The van der Waals surface area contributed by atoms with Crippen LogP contribution in [0.5, 0.6) is 0 Å². The molecule has 40 valence electrons. The summed E-state index contributed by atoms with van der Waals surface area (Å²) in [6.07, 6.45) is -0.562. The second-order valence-corrected chi connectivity index (χ2v) is 2.54. The molecule has 4 N–H and O–H groups in total. The number of rotatable bonds is 1. The first-order valence-electron chi connectivity index (χ1n) is 1.31. The normalized spacial score (nSPS) is 10.1. The zero-order valence-electron chi connectivity index (χ0n) is 5.03. The summed E-state index contributed by atoms with van der Waals surface area (Å²) in [7, 11) is -3.87. The summed E-state index contributed by atoms with van der Waals surface area (Å²) in [4.78, 5) is 15.6. The number of hydrogen-bond donors (Lipinski definition) is 3. The third-order valence-electron chi connectivity index (χ3n) is 0.238. The molecule has 0 saturated heterocycles. The summed E-state index contributed by atoms with van der Waals surface area (Å²) in [6.45, 7) is 0. The van der Waals surface area contributed by atoms with E-state index in [-0.39, 0.29) is 31.0 Å². The SMILES string of the molecule is NCP(=O)(O)O.[H-].[Na+]. The third-order valence-corrected chi connectivity index (χ3v) is 0.714. The first-order chi connectivity index (χ1) is 2.56. The van der Waals surface area contributed by atoms with Crippen LogP contribution in [0.15, 0.2) is 0 Å². The van der Waals surface area contributed by atoms with Gasteiger partial charge in [0.25, 0.3) is 0 Å². The average molecular weight is 135 g/mol. The van der Waals surface area contributed by atoms with Crippen LogP contribution in [-0.2, 0) is 4.57 Å². The van der Waals surface area contributed by atoms with E-state index in [1.165, 1.54) is 0 Å². The second kappa shape index (κ2) is 4.04. The molecule has 0 atom stereocenters. The Kier molecular flexibility index (Phi) is 6.33. The minimum absolute atomic E-state index is 0. The van der Waals surface area contributed by atoms with E-state index < -0.39 is 13.9 Å². The molecule has 0 heterocycles. The molecule has 0 bridgehead atoms. The summed E-state index contributed by atoms with van der Waals surface area (Å²) in [5, 5.41) is 0. The Labute approximate surface area is 65.0 Å². The van der Waals surface area contributed by atoms with Crippen LogP contribution in [0, 0.1) is 0 Å². The summed E-state index contributed by atoms with van der Waals surface area (Å²) in [5.41, 5.74) is 4.54.